The van der Waals surface area contributed by atoms with Gasteiger partial charge in [-0.05, 0) is 56.5 Å². The minimum absolute atomic E-state index is 0.264. The molecule has 0 atom stereocenters. The van der Waals surface area contributed by atoms with Crippen LogP contribution in [-0.2, 0) is 0 Å². The van der Waals surface area contributed by atoms with Crippen molar-refractivity contribution in [2.75, 3.05) is 19.7 Å². The monoisotopic (exact) mass is 223 g/mol. The minimum Gasteiger partial charge on any atom is -0.491 e. The summed E-state index contributed by atoms with van der Waals surface area (Å²) in [6.45, 7) is 4.47. The Balaban J connectivity index is 2.17. The third-order valence-corrected chi connectivity index (χ3v) is 3.07. The van der Waals surface area contributed by atoms with Crippen LogP contribution in [-0.4, -0.2) is 19.7 Å². The van der Waals surface area contributed by atoms with Crippen LogP contribution in [0.25, 0.3) is 0 Å². The van der Waals surface area contributed by atoms with Crippen molar-refractivity contribution in [3.8, 4) is 5.75 Å². The van der Waals surface area contributed by atoms with E-state index >= 15 is 0 Å². The Morgan fingerprint density at radius 2 is 2.12 bits per heavy atom. The molecular formula is C13H18FNO. The number of ether oxygens (including phenoxy) is 1. The third kappa shape index (κ3) is 2.53. The summed E-state index contributed by atoms with van der Waals surface area (Å²) in [5, 5.41) is 3.33. The summed E-state index contributed by atoms with van der Waals surface area (Å²) in [6.07, 6.45) is 2.24. The fourth-order valence-electron chi connectivity index (χ4n) is 2.20. The Morgan fingerprint density at radius 1 is 1.38 bits per heavy atom. The van der Waals surface area contributed by atoms with Crippen LogP contribution < -0.4 is 10.1 Å². The van der Waals surface area contributed by atoms with Crippen LogP contribution >= 0.6 is 0 Å². The largest absolute Gasteiger partial charge is 0.491 e. The molecular weight excluding hydrogens is 205 g/mol. The zero-order chi connectivity index (χ0) is 11.4. The predicted octanol–water partition coefficient (Wildman–Crippen LogP) is 2.69. The maximum Gasteiger partial charge on any atom is 0.165 e. The average molecular weight is 223 g/mol. The molecule has 1 aromatic carbocycles. The molecule has 1 fully saturated rings. The van der Waals surface area contributed by atoms with Crippen molar-refractivity contribution in [1.29, 1.82) is 0 Å². The van der Waals surface area contributed by atoms with Crippen LogP contribution in [0, 0.1) is 5.82 Å². The van der Waals surface area contributed by atoms with Gasteiger partial charge in [-0.15, -0.1) is 0 Å². The first-order valence-corrected chi connectivity index (χ1v) is 5.94. The Kier molecular flexibility index (Phi) is 3.78. The number of benzene rings is 1. The topological polar surface area (TPSA) is 21.3 Å². The molecule has 1 N–H and O–H groups in total. The molecule has 0 radical (unpaired) electrons. The lowest BCUT2D eigenvalue weighted by Crippen LogP contribution is -2.26. The fourth-order valence-corrected chi connectivity index (χ4v) is 2.20. The van der Waals surface area contributed by atoms with E-state index in [4.69, 9.17) is 4.74 Å². The lowest BCUT2D eigenvalue weighted by molar-refractivity contribution is 0.320. The third-order valence-electron chi connectivity index (χ3n) is 3.07. The molecule has 0 amide bonds. The second-order valence-corrected chi connectivity index (χ2v) is 4.15. The van der Waals surface area contributed by atoms with Crippen molar-refractivity contribution in [2.24, 2.45) is 0 Å². The summed E-state index contributed by atoms with van der Waals surface area (Å²) in [6, 6.07) is 5.25. The Morgan fingerprint density at radius 3 is 2.81 bits per heavy atom. The lowest BCUT2D eigenvalue weighted by atomic mass is 9.90. The van der Waals surface area contributed by atoms with Crippen molar-refractivity contribution in [1.82, 2.24) is 5.32 Å². The molecule has 16 heavy (non-hydrogen) atoms. The average Bonchev–Trinajstić information content (AvgIpc) is 2.33. The highest BCUT2D eigenvalue weighted by Crippen LogP contribution is 2.29. The molecule has 0 aromatic heterocycles. The van der Waals surface area contributed by atoms with Gasteiger partial charge in [0, 0.05) is 0 Å². The second-order valence-electron chi connectivity index (χ2n) is 4.15. The van der Waals surface area contributed by atoms with Crippen molar-refractivity contribution in [3.05, 3.63) is 29.6 Å². The highest BCUT2D eigenvalue weighted by Gasteiger charge is 2.16. The van der Waals surface area contributed by atoms with Gasteiger partial charge in [-0.2, -0.15) is 0 Å². The number of piperidine rings is 1. The predicted molar refractivity (Wildman–Crippen MR) is 62.4 cm³/mol. The van der Waals surface area contributed by atoms with E-state index in [9.17, 15) is 4.39 Å². The maximum absolute atomic E-state index is 13.4. The van der Waals surface area contributed by atoms with Crippen molar-refractivity contribution in [2.45, 2.75) is 25.7 Å². The summed E-state index contributed by atoms with van der Waals surface area (Å²) in [4.78, 5) is 0. The van der Waals surface area contributed by atoms with Crippen molar-refractivity contribution in [3.63, 3.8) is 0 Å². The lowest BCUT2D eigenvalue weighted by Gasteiger charge is -2.23. The molecule has 1 heterocycles. The summed E-state index contributed by atoms with van der Waals surface area (Å²) in [5.74, 6) is 0.666. The zero-order valence-corrected chi connectivity index (χ0v) is 9.63. The van der Waals surface area contributed by atoms with Gasteiger partial charge < -0.3 is 10.1 Å². The van der Waals surface area contributed by atoms with Gasteiger partial charge in [-0.1, -0.05) is 6.07 Å². The van der Waals surface area contributed by atoms with Gasteiger partial charge in [-0.25, -0.2) is 4.39 Å². The van der Waals surface area contributed by atoms with E-state index in [0.717, 1.165) is 25.9 Å². The maximum atomic E-state index is 13.4. The highest BCUT2D eigenvalue weighted by molar-refractivity contribution is 5.32. The van der Waals surface area contributed by atoms with E-state index in [0.29, 0.717) is 18.3 Å². The molecule has 0 bridgehead atoms. The van der Waals surface area contributed by atoms with Crippen LogP contribution in [0.2, 0.25) is 0 Å². The Hall–Kier alpha value is -1.09. The number of hydrogen-bond donors (Lipinski definition) is 1. The molecule has 0 aliphatic carbocycles. The summed E-state index contributed by atoms with van der Waals surface area (Å²) >= 11 is 0. The number of hydrogen-bond acceptors (Lipinski definition) is 2. The number of nitrogens with one attached hydrogen (secondary N) is 1. The van der Waals surface area contributed by atoms with E-state index in [1.165, 1.54) is 11.6 Å². The molecule has 2 nitrogen and oxygen atoms in total. The molecule has 0 saturated carbocycles. The number of rotatable bonds is 3. The SMILES string of the molecule is CCOc1cc(C2CCNCC2)ccc1F. The van der Waals surface area contributed by atoms with Crippen molar-refractivity contribution < 1.29 is 9.13 Å². The smallest absolute Gasteiger partial charge is 0.165 e. The van der Waals surface area contributed by atoms with Crippen LogP contribution in [0.5, 0.6) is 5.75 Å². The quantitative estimate of drug-likeness (QED) is 0.850. The normalized spacial score (nSPS) is 17.4. The Labute approximate surface area is 95.8 Å². The first kappa shape index (κ1) is 11.4. The van der Waals surface area contributed by atoms with Crippen LogP contribution in [0.15, 0.2) is 18.2 Å². The van der Waals surface area contributed by atoms with E-state index in [-0.39, 0.29) is 5.82 Å². The van der Waals surface area contributed by atoms with Gasteiger partial charge in [0.1, 0.15) is 0 Å². The number of halogens is 1. The van der Waals surface area contributed by atoms with E-state index in [1.54, 1.807) is 0 Å². The van der Waals surface area contributed by atoms with Crippen LogP contribution in [0.4, 0.5) is 4.39 Å². The summed E-state index contributed by atoms with van der Waals surface area (Å²) in [7, 11) is 0. The van der Waals surface area contributed by atoms with Gasteiger partial charge in [-0.3, -0.25) is 0 Å². The highest BCUT2D eigenvalue weighted by atomic mass is 19.1. The molecule has 1 aliphatic heterocycles. The standard InChI is InChI=1S/C13H18FNO/c1-2-16-13-9-11(3-4-12(13)14)10-5-7-15-8-6-10/h3-4,9-10,15H,2,5-8H2,1H3. The molecule has 1 aliphatic rings. The minimum atomic E-state index is -0.264. The van der Waals surface area contributed by atoms with E-state index in [2.05, 4.69) is 5.32 Å². The first-order chi connectivity index (χ1) is 7.81. The Bertz CT molecular complexity index is 348. The second kappa shape index (κ2) is 5.30. The first-order valence-electron chi connectivity index (χ1n) is 5.94. The van der Waals surface area contributed by atoms with Gasteiger partial charge in [0.25, 0.3) is 0 Å². The van der Waals surface area contributed by atoms with Crippen LogP contribution in [0.1, 0.15) is 31.2 Å². The van der Waals surface area contributed by atoms with E-state index < -0.39 is 0 Å². The summed E-state index contributed by atoms with van der Waals surface area (Å²) in [5.41, 5.74) is 1.20. The fraction of sp³-hybridized carbons (Fsp3) is 0.538. The summed E-state index contributed by atoms with van der Waals surface area (Å²) < 4.78 is 18.7. The van der Waals surface area contributed by atoms with Crippen LogP contribution in [0.3, 0.4) is 0 Å². The van der Waals surface area contributed by atoms with E-state index in [1.807, 2.05) is 19.1 Å². The molecule has 3 heteroatoms. The molecule has 1 aromatic rings. The molecule has 1 saturated heterocycles. The molecule has 0 unspecified atom stereocenters. The van der Waals surface area contributed by atoms with Gasteiger partial charge in [0.2, 0.25) is 0 Å². The van der Waals surface area contributed by atoms with Gasteiger partial charge in [0.15, 0.2) is 11.6 Å². The molecule has 0 spiro atoms. The van der Waals surface area contributed by atoms with Gasteiger partial charge >= 0.3 is 0 Å². The molecule has 2 rings (SSSR count). The van der Waals surface area contributed by atoms with Gasteiger partial charge in [0.05, 0.1) is 6.61 Å². The zero-order valence-electron chi connectivity index (χ0n) is 9.63. The molecule has 88 valence electrons. The van der Waals surface area contributed by atoms with Crippen molar-refractivity contribution >= 4 is 0 Å².